The maximum absolute atomic E-state index is 5.15. The first-order valence-corrected chi connectivity index (χ1v) is 7.29. The third-order valence-electron chi connectivity index (χ3n) is 1.97. The fraction of sp³-hybridized carbons (Fsp3) is 0. The van der Waals surface area contributed by atoms with Crippen LogP contribution in [0.15, 0.2) is 29.9 Å². The number of anilines is 2. The number of nitrogens with one attached hydrogen (secondary N) is 1. The molecule has 0 bridgehead atoms. The molecule has 9 heteroatoms. The maximum atomic E-state index is 5.15. The van der Waals surface area contributed by atoms with Crippen molar-refractivity contribution in [2.45, 2.75) is 0 Å². The summed E-state index contributed by atoms with van der Waals surface area (Å²) in [7, 11) is 0. The Morgan fingerprint density at radius 2 is 2.00 bits per heavy atom. The first-order valence-electron chi connectivity index (χ1n) is 4.70. The third-order valence-corrected chi connectivity index (χ3v) is 3.44. The number of aromatic amines is 1. The second-order valence-corrected chi connectivity index (χ2v) is 6.16. The summed E-state index contributed by atoms with van der Waals surface area (Å²) < 4.78 is 0.667. The summed E-state index contributed by atoms with van der Waals surface area (Å²) in [6, 6.07) is 3.71. The van der Waals surface area contributed by atoms with Crippen LogP contribution < -0.4 is 10.0 Å². The summed E-state index contributed by atoms with van der Waals surface area (Å²) in [6.07, 6.45) is 3.48. The van der Waals surface area contributed by atoms with E-state index in [1.165, 1.54) is 11.3 Å². The van der Waals surface area contributed by atoms with Gasteiger partial charge in [0, 0.05) is 17.8 Å². The molecular formula is C9H8N4S5. The highest BCUT2D eigenvalue weighted by atomic mass is 32.1. The van der Waals surface area contributed by atoms with E-state index in [0.29, 0.717) is 13.8 Å². The monoisotopic (exact) mass is 332 g/mol. The normalized spacial score (nSPS) is 10.1. The first-order chi connectivity index (χ1) is 8.61. The van der Waals surface area contributed by atoms with Gasteiger partial charge in [-0.05, 0) is 12.1 Å². The number of rotatable bonds is 2. The number of H-pyrrole nitrogens is 1. The van der Waals surface area contributed by atoms with Crippen molar-refractivity contribution in [3.8, 4) is 0 Å². The number of thiol groups is 2. The number of nitrogens with zero attached hydrogens (tertiary/aromatic N) is 3. The molecular weight excluding hydrogens is 324 g/mol. The van der Waals surface area contributed by atoms with Crippen molar-refractivity contribution in [2.75, 3.05) is 10.0 Å². The summed E-state index contributed by atoms with van der Waals surface area (Å²) in [6.45, 7) is 0. The Morgan fingerprint density at radius 3 is 2.44 bits per heavy atom. The SMILES string of the molecule is S=C(S)N(c1ccc[nH]1)N(C(=S)S)c1nccs1. The minimum Gasteiger partial charge on any atom is -0.347 e. The zero-order valence-electron chi connectivity index (χ0n) is 8.85. The van der Waals surface area contributed by atoms with Gasteiger partial charge in [0.15, 0.2) is 8.64 Å². The van der Waals surface area contributed by atoms with E-state index in [0.717, 1.165) is 5.82 Å². The summed E-state index contributed by atoms with van der Waals surface area (Å²) >= 11 is 20.2. The van der Waals surface area contributed by atoms with Gasteiger partial charge in [-0.15, -0.1) is 36.6 Å². The topological polar surface area (TPSA) is 35.2 Å². The van der Waals surface area contributed by atoms with Crippen molar-refractivity contribution in [2.24, 2.45) is 0 Å². The predicted octanol–water partition coefficient (Wildman–Crippen LogP) is 3.13. The van der Waals surface area contributed by atoms with Crippen LogP contribution in [0.4, 0.5) is 10.9 Å². The molecule has 0 atom stereocenters. The lowest BCUT2D eigenvalue weighted by Crippen LogP contribution is -2.46. The molecule has 0 unspecified atom stereocenters. The van der Waals surface area contributed by atoms with Gasteiger partial charge in [-0.25, -0.2) is 15.0 Å². The third kappa shape index (κ3) is 2.86. The first kappa shape index (κ1) is 13.8. The highest BCUT2D eigenvalue weighted by Gasteiger charge is 2.24. The van der Waals surface area contributed by atoms with Crippen LogP contribution in [0.3, 0.4) is 0 Å². The average molecular weight is 333 g/mol. The largest absolute Gasteiger partial charge is 0.347 e. The lowest BCUT2D eigenvalue weighted by atomic mass is 10.6. The Balaban J connectivity index is 2.45. The minimum atomic E-state index is 0.330. The molecule has 2 aromatic rings. The zero-order chi connectivity index (χ0) is 13.1. The van der Waals surface area contributed by atoms with Crippen molar-refractivity contribution in [1.82, 2.24) is 9.97 Å². The number of hydrogen-bond acceptors (Lipinski definition) is 4. The summed E-state index contributed by atoms with van der Waals surface area (Å²) in [4.78, 5) is 7.26. The Bertz CT molecular complexity index is 485. The van der Waals surface area contributed by atoms with Gasteiger partial charge >= 0.3 is 0 Å². The highest BCUT2D eigenvalue weighted by Crippen LogP contribution is 2.26. The van der Waals surface area contributed by atoms with Crippen molar-refractivity contribution in [3.05, 3.63) is 29.9 Å². The van der Waals surface area contributed by atoms with Crippen molar-refractivity contribution < 1.29 is 0 Å². The molecule has 94 valence electrons. The Hall–Kier alpha value is -0.610. The van der Waals surface area contributed by atoms with Crippen LogP contribution in [0, 0.1) is 0 Å². The van der Waals surface area contributed by atoms with Crippen LogP contribution in [0.2, 0.25) is 0 Å². The molecule has 0 spiro atoms. The highest BCUT2D eigenvalue weighted by molar-refractivity contribution is 8.12. The summed E-state index contributed by atoms with van der Waals surface area (Å²) in [5.41, 5.74) is 0. The van der Waals surface area contributed by atoms with E-state index >= 15 is 0 Å². The molecule has 2 heterocycles. The molecule has 0 saturated carbocycles. The van der Waals surface area contributed by atoms with Gasteiger partial charge in [-0.3, -0.25) is 0 Å². The number of thiazole rings is 1. The Morgan fingerprint density at radius 1 is 1.28 bits per heavy atom. The lowest BCUT2D eigenvalue weighted by molar-refractivity contribution is 1.06. The molecule has 4 nitrogen and oxygen atoms in total. The molecule has 0 amide bonds. The fourth-order valence-corrected chi connectivity index (χ4v) is 2.82. The summed E-state index contributed by atoms with van der Waals surface area (Å²) in [5, 5.41) is 5.76. The second kappa shape index (κ2) is 6.02. The van der Waals surface area contributed by atoms with Crippen molar-refractivity contribution in [1.29, 1.82) is 0 Å². The van der Waals surface area contributed by atoms with Gasteiger partial charge in [0.25, 0.3) is 0 Å². The smallest absolute Gasteiger partial charge is 0.210 e. The van der Waals surface area contributed by atoms with Gasteiger partial charge < -0.3 is 4.98 Å². The van der Waals surface area contributed by atoms with Crippen LogP contribution in [-0.2, 0) is 0 Å². The average Bonchev–Trinajstić information content (AvgIpc) is 2.97. The van der Waals surface area contributed by atoms with Gasteiger partial charge in [0.1, 0.15) is 5.82 Å². The fourth-order valence-electron chi connectivity index (χ4n) is 1.32. The second-order valence-electron chi connectivity index (χ2n) is 3.06. The van der Waals surface area contributed by atoms with E-state index in [2.05, 4.69) is 35.2 Å². The van der Waals surface area contributed by atoms with E-state index < -0.39 is 0 Å². The van der Waals surface area contributed by atoms with Gasteiger partial charge in [-0.1, -0.05) is 24.4 Å². The standard InChI is InChI=1S/C9H8N4S5/c14-8(15)12(6-2-1-3-10-6)13(9(16)17)7-11-4-5-18-7/h1-5,10H,(H,14,15)(H,16,17). The molecule has 18 heavy (non-hydrogen) atoms. The minimum absolute atomic E-state index is 0.330. The quantitative estimate of drug-likeness (QED) is 0.447. The van der Waals surface area contributed by atoms with Crippen molar-refractivity contribution in [3.63, 3.8) is 0 Å². The van der Waals surface area contributed by atoms with Crippen LogP contribution in [-0.4, -0.2) is 18.6 Å². The molecule has 0 aliphatic rings. The molecule has 0 fully saturated rings. The van der Waals surface area contributed by atoms with Crippen molar-refractivity contribution >= 4 is 80.6 Å². The van der Waals surface area contributed by atoms with Crippen LogP contribution in [0.25, 0.3) is 0 Å². The van der Waals surface area contributed by atoms with E-state index in [-0.39, 0.29) is 0 Å². The molecule has 0 aromatic carbocycles. The Labute approximate surface area is 130 Å². The molecule has 0 aliphatic carbocycles. The predicted molar refractivity (Wildman–Crippen MR) is 91.0 cm³/mol. The van der Waals surface area contributed by atoms with E-state index in [1.807, 2.05) is 17.5 Å². The molecule has 0 aliphatic heterocycles. The number of hydrogen-bond donors (Lipinski definition) is 3. The molecule has 0 radical (unpaired) electrons. The molecule has 2 rings (SSSR count). The van der Waals surface area contributed by atoms with Crippen LogP contribution in [0.1, 0.15) is 0 Å². The van der Waals surface area contributed by atoms with E-state index in [1.54, 1.807) is 22.4 Å². The zero-order valence-corrected chi connectivity index (χ0v) is 13.1. The van der Waals surface area contributed by atoms with Crippen LogP contribution in [0.5, 0.6) is 0 Å². The maximum Gasteiger partial charge on any atom is 0.210 e. The van der Waals surface area contributed by atoms with E-state index in [4.69, 9.17) is 24.4 Å². The molecule has 0 saturated heterocycles. The van der Waals surface area contributed by atoms with Crippen LogP contribution >= 0.6 is 61.0 Å². The number of hydrazine groups is 1. The molecule has 2 aromatic heterocycles. The number of thiocarbonyl (C=S) groups is 2. The van der Waals surface area contributed by atoms with E-state index in [9.17, 15) is 0 Å². The Kier molecular flexibility index (Phi) is 4.62. The summed E-state index contributed by atoms with van der Waals surface area (Å²) in [5.74, 6) is 0.738. The van der Waals surface area contributed by atoms with Gasteiger partial charge in [0.05, 0.1) is 0 Å². The molecule has 1 N–H and O–H groups in total. The lowest BCUT2D eigenvalue weighted by Gasteiger charge is -2.32. The van der Waals surface area contributed by atoms with Gasteiger partial charge in [-0.2, -0.15) is 0 Å². The number of aromatic nitrogens is 2. The van der Waals surface area contributed by atoms with Gasteiger partial charge in [0.2, 0.25) is 5.13 Å².